The van der Waals surface area contributed by atoms with Gasteiger partial charge in [0.25, 0.3) is 5.91 Å². The second-order valence-corrected chi connectivity index (χ2v) is 9.34. The first-order valence-electron chi connectivity index (χ1n) is 10.3. The molecule has 2 aromatic rings. The van der Waals surface area contributed by atoms with Crippen LogP contribution in [0.2, 0.25) is 5.02 Å². The quantitative estimate of drug-likeness (QED) is 0.663. The highest BCUT2D eigenvalue weighted by Crippen LogP contribution is 2.25. The van der Waals surface area contributed by atoms with Crippen LogP contribution < -0.4 is 5.32 Å². The SMILES string of the molecule is O=C(CN1CCN(C(=O)c2cccc(CSc3ccc(Cl)cc3)c2)CC1)NC1CC1. The van der Waals surface area contributed by atoms with E-state index in [4.69, 9.17) is 11.6 Å². The minimum Gasteiger partial charge on any atom is -0.352 e. The lowest BCUT2D eigenvalue weighted by Crippen LogP contribution is -2.51. The van der Waals surface area contributed by atoms with Gasteiger partial charge < -0.3 is 10.2 Å². The molecular weight excluding hydrogens is 418 g/mol. The van der Waals surface area contributed by atoms with E-state index in [1.807, 2.05) is 47.4 Å². The largest absolute Gasteiger partial charge is 0.352 e. The van der Waals surface area contributed by atoms with E-state index in [9.17, 15) is 9.59 Å². The molecule has 0 radical (unpaired) electrons. The van der Waals surface area contributed by atoms with Gasteiger partial charge in [-0.05, 0) is 54.8 Å². The molecule has 1 aliphatic heterocycles. The molecule has 30 heavy (non-hydrogen) atoms. The average Bonchev–Trinajstić information content (AvgIpc) is 3.57. The summed E-state index contributed by atoms with van der Waals surface area (Å²) in [5.41, 5.74) is 1.85. The molecule has 2 amide bonds. The topological polar surface area (TPSA) is 52.7 Å². The van der Waals surface area contributed by atoms with Gasteiger partial charge in [-0.25, -0.2) is 0 Å². The van der Waals surface area contributed by atoms with Crippen molar-refractivity contribution in [3.8, 4) is 0 Å². The number of thioether (sulfide) groups is 1. The molecule has 1 saturated heterocycles. The molecule has 1 aliphatic carbocycles. The summed E-state index contributed by atoms with van der Waals surface area (Å²) in [6.07, 6.45) is 2.20. The van der Waals surface area contributed by atoms with E-state index in [0.29, 0.717) is 25.7 Å². The van der Waals surface area contributed by atoms with Crippen molar-refractivity contribution in [3.63, 3.8) is 0 Å². The maximum absolute atomic E-state index is 13.0. The van der Waals surface area contributed by atoms with E-state index in [1.54, 1.807) is 11.8 Å². The second kappa shape index (κ2) is 9.86. The fourth-order valence-corrected chi connectivity index (χ4v) is 4.45. The first-order valence-corrected chi connectivity index (χ1v) is 11.7. The van der Waals surface area contributed by atoms with Crippen LogP contribution in [0.25, 0.3) is 0 Å². The summed E-state index contributed by atoms with van der Waals surface area (Å²) in [6, 6.07) is 16.1. The van der Waals surface area contributed by atoms with Gasteiger partial charge in [-0.15, -0.1) is 11.8 Å². The molecule has 7 heteroatoms. The Kier molecular flexibility index (Phi) is 6.97. The predicted molar refractivity (Wildman–Crippen MR) is 121 cm³/mol. The molecule has 5 nitrogen and oxygen atoms in total. The number of hydrogen-bond donors (Lipinski definition) is 1. The fourth-order valence-electron chi connectivity index (χ4n) is 3.49. The Hall–Kier alpha value is -2.02. The third-order valence-electron chi connectivity index (χ3n) is 5.36. The van der Waals surface area contributed by atoms with Crippen molar-refractivity contribution in [2.45, 2.75) is 29.5 Å². The molecule has 1 saturated carbocycles. The summed E-state index contributed by atoms with van der Waals surface area (Å²) in [6.45, 7) is 3.19. The van der Waals surface area contributed by atoms with Crippen molar-refractivity contribution in [1.82, 2.24) is 15.1 Å². The zero-order chi connectivity index (χ0) is 20.9. The van der Waals surface area contributed by atoms with Crippen LogP contribution in [0.4, 0.5) is 0 Å². The Morgan fingerprint density at radius 1 is 1.03 bits per heavy atom. The minimum absolute atomic E-state index is 0.0652. The molecule has 4 rings (SSSR count). The van der Waals surface area contributed by atoms with Crippen LogP contribution in [-0.2, 0) is 10.5 Å². The lowest BCUT2D eigenvalue weighted by atomic mass is 10.1. The highest BCUT2D eigenvalue weighted by molar-refractivity contribution is 7.98. The first-order chi connectivity index (χ1) is 14.6. The number of benzene rings is 2. The summed E-state index contributed by atoms with van der Waals surface area (Å²) in [5.74, 6) is 0.964. The van der Waals surface area contributed by atoms with E-state index >= 15 is 0 Å². The lowest BCUT2D eigenvalue weighted by molar-refractivity contribution is -0.122. The van der Waals surface area contributed by atoms with Crippen LogP contribution in [0.3, 0.4) is 0 Å². The fraction of sp³-hybridized carbons (Fsp3) is 0.391. The predicted octanol–water partition coefficient (Wildman–Crippen LogP) is 3.67. The van der Waals surface area contributed by atoms with Crippen LogP contribution in [0, 0.1) is 0 Å². The summed E-state index contributed by atoms with van der Waals surface area (Å²) in [7, 11) is 0. The third-order valence-corrected chi connectivity index (χ3v) is 6.70. The number of carbonyl (C=O) groups excluding carboxylic acids is 2. The zero-order valence-corrected chi connectivity index (χ0v) is 18.4. The second-order valence-electron chi connectivity index (χ2n) is 7.85. The molecule has 0 spiro atoms. The monoisotopic (exact) mass is 443 g/mol. The van der Waals surface area contributed by atoms with Crippen molar-refractivity contribution in [2.75, 3.05) is 32.7 Å². The maximum atomic E-state index is 13.0. The Labute approximate surface area is 186 Å². The summed E-state index contributed by atoms with van der Waals surface area (Å²) in [4.78, 5) is 30.1. The van der Waals surface area contributed by atoms with Gasteiger partial charge in [0.2, 0.25) is 5.91 Å². The Morgan fingerprint density at radius 3 is 2.47 bits per heavy atom. The maximum Gasteiger partial charge on any atom is 0.253 e. The molecule has 2 aromatic carbocycles. The highest BCUT2D eigenvalue weighted by Gasteiger charge is 2.26. The number of halogens is 1. The standard InChI is InChI=1S/C23H26ClN3O2S/c24-19-4-8-21(9-5-19)30-16-17-2-1-3-18(14-17)23(29)27-12-10-26(11-13-27)15-22(28)25-20-6-7-20/h1-5,8-9,14,20H,6-7,10-13,15-16H2,(H,25,28). The van der Waals surface area contributed by atoms with Gasteiger partial charge in [-0.2, -0.15) is 0 Å². The number of hydrogen-bond acceptors (Lipinski definition) is 4. The Balaban J connectivity index is 1.27. The first kappa shape index (κ1) is 21.2. The number of carbonyl (C=O) groups is 2. The molecule has 158 valence electrons. The van der Waals surface area contributed by atoms with Crippen molar-refractivity contribution < 1.29 is 9.59 Å². The average molecular weight is 444 g/mol. The van der Waals surface area contributed by atoms with Gasteiger partial charge >= 0.3 is 0 Å². The van der Waals surface area contributed by atoms with Crippen molar-refractivity contribution >= 4 is 35.2 Å². The van der Waals surface area contributed by atoms with Crippen LogP contribution in [0.5, 0.6) is 0 Å². The van der Waals surface area contributed by atoms with Gasteiger partial charge in [0.1, 0.15) is 0 Å². The van der Waals surface area contributed by atoms with Gasteiger partial charge in [-0.3, -0.25) is 14.5 Å². The minimum atomic E-state index is 0.0652. The molecule has 1 heterocycles. The van der Waals surface area contributed by atoms with E-state index < -0.39 is 0 Å². The van der Waals surface area contributed by atoms with Crippen LogP contribution in [0.1, 0.15) is 28.8 Å². The summed E-state index contributed by atoms with van der Waals surface area (Å²) >= 11 is 7.66. The number of rotatable bonds is 7. The molecule has 0 atom stereocenters. The van der Waals surface area contributed by atoms with Gasteiger partial charge in [-0.1, -0.05) is 23.7 Å². The number of piperazine rings is 1. The molecule has 1 N–H and O–H groups in total. The molecule has 2 fully saturated rings. The van der Waals surface area contributed by atoms with E-state index in [1.165, 1.54) is 0 Å². The van der Waals surface area contributed by atoms with Gasteiger partial charge in [0, 0.05) is 53.5 Å². The van der Waals surface area contributed by atoms with Gasteiger partial charge in [0.15, 0.2) is 0 Å². The summed E-state index contributed by atoms with van der Waals surface area (Å²) < 4.78 is 0. The number of amides is 2. The smallest absolute Gasteiger partial charge is 0.253 e. The molecule has 0 unspecified atom stereocenters. The van der Waals surface area contributed by atoms with Crippen molar-refractivity contribution in [3.05, 3.63) is 64.7 Å². The zero-order valence-electron chi connectivity index (χ0n) is 16.9. The number of nitrogens with one attached hydrogen (secondary N) is 1. The van der Waals surface area contributed by atoms with E-state index in [2.05, 4.69) is 16.3 Å². The Bertz CT molecular complexity index is 894. The van der Waals surface area contributed by atoms with Crippen molar-refractivity contribution in [2.24, 2.45) is 0 Å². The van der Waals surface area contributed by atoms with Crippen LogP contribution in [0.15, 0.2) is 53.4 Å². The van der Waals surface area contributed by atoms with Crippen LogP contribution >= 0.6 is 23.4 Å². The van der Waals surface area contributed by atoms with E-state index in [-0.39, 0.29) is 11.8 Å². The molecule has 0 aromatic heterocycles. The Morgan fingerprint density at radius 2 is 1.77 bits per heavy atom. The van der Waals surface area contributed by atoms with Crippen molar-refractivity contribution in [1.29, 1.82) is 0 Å². The molecular formula is C23H26ClN3O2S. The normalized spacial score (nSPS) is 17.0. The highest BCUT2D eigenvalue weighted by atomic mass is 35.5. The molecule has 0 bridgehead atoms. The number of nitrogens with zero attached hydrogens (tertiary/aromatic N) is 2. The van der Waals surface area contributed by atoms with Gasteiger partial charge in [0.05, 0.1) is 6.54 Å². The lowest BCUT2D eigenvalue weighted by Gasteiger charge is -2.34. The third kappa shape index (κ3) is 6.00. The van der Waals surface area contributed by atoms with Crippen LogP contribution in [-0.4, -0.2) is 60.4 Å². The molecule has 2 aliphatic rings. The van der Waals surface area contributed by atoms with E-state index in [0.717, 1.165) is 52.7 Å². The summed E-state index contributed by atoms with van der Waals surface area (Å²) in [5, 5.41) is 3.76.